The van der Waals surface area contributed by atoms with Crippen molar-refractivity contribution in [2.24, 2.45) is 5.92 Å². The van der Waals surface area contributed by atoms with Crippen LogP contribution >= 0.6 is 15.9 Å². The molecular weight excluding hydrogens is 504 g/mol. The minimum atomic E-state index is -0.673. The van der Waals surface area contributed by atoms with Crippen LogP contribution in [0.4, 0.5) is 0 Å². The molecule has 0 radical (unpaired) electrons. The van der Waals surface area contributed by atoms with Crippen LogP contribution < -0.4 is 10.1 Å². The first-order chi connectivity index (χ1) is 16.8. The van der Waals surface area contributed by atoms with Gasteiger partial charge in [0.1, 0.15) is 11.8 Å². The van der Waals surface area contributed by atoms with Crippen molar-refractivity contribution in [2.45, 2.75) is 39.8 Å². The second-order valence-corrected chi connectivity index (χ2v) is 9.96. The van der Waals surface area contributed by atoms with Crippen molar-refractivity contribution in [1.29, 1.82) is 0 Å². The van der Waals surface area contributed by atoms with Gasteiger partial charge in [0.15, 0.2) is 6.61 Å². The third-order valence-corrected chi connectivity index (χ3v) is 6.20. The Morgan fingerprint density at radius 2 is 1.57 bits per heavy atom. The molecule has 0 heterocycles. The monoisotopic (exact) mass is 536 g/mol. The van der Waals surface area contributed by atoms with Crippen LogP contribution in [0, 0.1) is 12.8 Å². The Labute approximate surface area is 216 Å². The maximum atomic E-state index is 13.6. The lowest BCUT2D eigenvalue weighted by atomic mass is 10.0. The number of para-hydroxylation sites is 1. The smallest absolute Gasteiger partial charge is 0.261 e. The van der Waals surface area contributed by atoms with Crippen LogP contribution in [0.2, 0.25) is 0 Å². The van der Waals surface area contributed by atoms with Crippen LogP contribution in [-0.2, 0) is 22.6 Å². The molecule has 2 amide bonds. The fraction of sp³-hybridized carbons (Fsp3) is 0.310. The largest absolute Gasteiger partial charge is 0.484 e. The van der Waals surface area contributed by atoms with Crippen LogP contribution in [0.15, 0.2) is 83.3 Å². The van der Waals surface area contributed by atoms with Gasteiger partial charge in [-0.3, -0.25) is 9.59 Å². The summed E-state index contributed by atoms with van der Waals surface area (Å²) in [5.74, 6) is 0.561. The van der Waals surface area contributed by atoms with E-state index < -0.39 is 6.04 Å². The Balaban J connectivity index is 1.90. The predicted molar refractivity (Wildman–Crippen MR) is 143 cm³/mol. The summed E-state index contributed by atoms with van der Waals surface area (Å²) >= 11 is 3.46. The van der Waals surface area contributed by atoms with Gasteiger partial charge in [0.2, 0.25) is 5.91 Å². The first kappa shape index (κ1) is 26.5. The number of halogens is 1. The fourth-order valence-electron chi connectivity index (χ4n) is 3.70. The number of ether oxygens (including phenoxy) is 1. The Morgan fingerprint density at radius 3 is 2.23 bits per heavy atom. The van der Waals surface area contributed by atoms with Gasteiger partial charge < -0.3 is 15.0 Å². The summed E-state index contributed by atoms with van der Waals surface area (Å²) in [6.45, 7) is 6.74. The molecule has 5 nitrogen and oxygen atoms in total. The molecule has 1 atom stereocenters. The maximum absolute atomic E-state index is 13.6. The van der Waals surface area contributed by atoms with E-state index in [9.17, 15) is 9.59 Å². The van der Waals surface area contributed by atoms with E-state index in [1.807, 2.05) is 99.6 Å². The van der Waals surface area contributed by atoms with Gasteiger partial charge in [-0.1, -0.05) is 90.4 Å². The average Bonchev–Trinajstić information content (AvgIpc) is 2.85. The maximum Gasteiger partial charge on any atom is 0.261 e. The molecule has 0 spiro atoms. The normalized spacial score (nSPS) is 11.7. The summed E-state index contributed by atoms with van der Waals surface area (Å²) in [6, 6.07) is 24.5. The summed E-state index contributed by atoms with van der Waals surface area (Å²) in [6.07, 6.45) is 0.414. The van der Waals surface area contributed by atoms with Gasteiger partial charge >= 0.3 is 0 Å². The second kappa shape index (κ2) is 13.1. The lowest BCUT2D eigenvalue weighted by Gasteiger charge is -2.31. The summed E-state index contributed by atoms with van der Waals surface area (Å²) < 4.78 is 6.84. The molecule has 35 heavy (non-hydrogen) atoms. The van der Waals surface area contributed by atoms with Crippen molar-refractivity contribution in [1.82, 2.24) is 10.2 Å². The molecule has 184 valence electrons. The highest BCUT2D eigenvalue weighted by Crippen LogP contribution is 2.19. The van der Waals surface area contributed by atoms with Crippen molar-refractivity contribution in [3.8, 4) is 5.75 Å². The van der Waals surface area contributed by atoms with Gasteiger partial charge in [-0.25, -0.2) is 0 Å². The molecule has 0 saturated carbocycles. The quantitative estimate of drug-likeness (QED) is 0.349. The molecular formula is C29H33BrN2O3. The standard InChI is InChI=1S/C29H33BrN2O3/c1-21(2)18-31-29(34)26(17-23-10-5-4-6-11-23)32(19-24-13-15-25(30)16-14-24)28(33)20-35-27-12-8-7-9-22(27)3/h4-16,21,26H,17-20H2,1-3H3,(H,31,34)/t26-/m0/s1. The van der Waals surface area contributed by atoms with Crippen LogP contribution in [0.1, 0.15) is 30.5 Å². The number of hydrogen-bond acceptors (Lipinski definition) is 3. The Kier molecular flexibility index (Phi) is 9.91. The molecule has 0 fully saturated rings. The number of amides is 2. The van der Waals surface area contributed by atoms with Crippen molar-refractivity contribution < 1.29 is 14.3 Å². The molecule has 1 N–H and O–H groups in total. The number of carbonyl (C=O) groups excluding carboxylic acids is 2. The molecule has 0 aliphatic carbocycles. The number of benzene rings is 3. The Morgan fingerprint density at radius 1 is 0.914 bits per heavy atom. The molecule has 0 aliphatic heterocycles. The minimum absolute atomic E-state index is 0.149. The number of rotatable bonds is 11. The van der Waals surface area contributed by atoms with E-state index >= 15 is 0 Å². The third-order valence-electron chi connectivity index (χ3n) is 5.67. The van der Waals surface area contributed by atoms with E-state index in [-0.39, 0.29) is 18.4 Å². The topological polar surface area (TPSA) is 58.6 Å². The van der Waals surface area contributed by atoms with E-state index in [4.69, 9.17) is 4.74 Å². The summed E-state index contributed by atoms with van der Waals surface area (Å²) in [7, 11) is 0. The number of carbonyl (C=O) groups is 2. The molecule has 0 saturated heterocycles. The Hall–Kier alpha value is -3.12. The fourth-order valence-corrected chi connectivity index (χ4v) is 3.97. The highest BCUT2D eigenvalue weighted by Gasteiger charge is 2.30. The SMILES string of the molecule is Cc1ccccc1OCC(=O)N(Cc1ccc(Br)cc1)[C@@H](Cc1ccccc1)C(=O)NCC(C)C. The Bertz CT molecular complexity index is 1100. The summed E-state index contributed by atoms with van der Waals surface area (Å²) in [5, 5.41) is 3.03. The van der Waals surface area contributed by atoms with E-state index in [0.29, 0.717) is 31.2 Å². The van der Waals surface area contributed by atoms with Crippen molar-refractivity contribution in [2.75, 3.05) is 13.2 Å². The zero-order valence-electron chi connectivity index (χ0n) is 20.5. The van der Waals surface area contributed by atoms with Crippen molar-refractivity contribution in [3.05, 3.63) is 100 Å². The third kappa shape index (κ3) is 8.25. The van der Waals surface area contributed by atoms with Gasteiger partial charge in [-0.2, -0.15) is 0 Å². The highest BCUT2D eigenvalue weighted by atomic mass is 79.9. The summed E-state index contributed by atoms with van der Waals surface area (Å²) in [5.41, 5.74) is 2.88. The van der Waals surface area contributed by atoms with Crippen LogP contribution in [0.5, 0.6) is 5.75 Å². The van der Waals surface area contributed by atoms with Gasteiger partial charge in [0, 0.05) is 24.0 Å². The van der Waals surface area contributed by atoms with E-state index in [2.05, 4.69) is 21.2 Å². The summed E-state index contributed by atoms with van der Waals surface area (Å²) in [4.78, 5) is 28.6. The highest BCUT2D eigenvalue weighted by molar-refractivity contribution is 9.10. The minimum Gasteiger partial charge on any atom is -0.484 e. The van der Waals surface area contributed by atoms with E-state index in [1.54, 1.807) is 4.90 Å². The zero-order valence-corrected chi connectivity index (χ0v) is 22.1. The lowest BCUT2D eigenvalue weighted by molar-refractivity contribution is -0.142. The lowest BCUT2D eigenvalue weighted by Crippen LogP contribution is -2.52. The number of hydrogen-bond donors (Lipinski definition) is 1. The van der Waals surface area contributed by atoms with E-state index in [1.165, 1.54) is 0 Å². The van der Waals surface area contributed by atoms with E-state index in [0.717, 1.165) is 21.2 Å². The van der Waals surface area contributed by atoms with Crippen molar-refractivity contribution in [3.63, 3.8) is 0 Å². The molecule has 0 bridgehead atoms. The van der Waals surface area contributed by atoms with Crippen LogP contribution in [0.3, 0.4) is 0 Å². The molecule has 3 aromatic carbocycles. The van der Waals surface area contributed by atoms with Crippen molar-refractivity contribution >= 4 is 27.7 Å². The average molecular weight is 537 g/mol. The molecule has 6 heteroatoms. The second-order valence-electron chi connectivity index (χ2n) is 9.05. The number of nitrogens with one attached hydrogen (secondary N) is 1. The van der Waals surface area contributed by atoms with Gasteiger partial charge in [0.25, 0.3) is 5.91 Å². The molecule has 3 rings (SSSR count). The van der Waals surface area contributed by atoms with Crippen LogP contribution in [-0.4, -0.2) is 35.9 Å². The zero-order chi connectivity index (χ0) is 25.2. The van der Waals surface area contributed by atoms with Crippen LogP contribution in [0.25, 0.3) is 0 Å². The number of nitrogens with zero attached hydrogens (tertiary/aromatic N) is 1. The molecule has 0 aliphatic rings. The van der Waals surface area contributed by atoms with Gasteiger partial charge in [0.05, 0.1) is 0 Å². The number of aryl methyl sites for hydroxylation is 1. The van der Waals surface area contributed by atoms with Gasteiger partial charge in [-0.05, 0) is 47.7 Å². The first-order valence-electron chi connectivity index (χ1n) is 11.9. The van der Waals surface area contributed by atoms with Gasteiger partial charge in [-0.15, -0.1) is 0 Å². The first-order valence-corrected chi connectivity index (χ1v) is 12.7. The molecule has 0 unspecified atom stereocenters. The predicted octanol–water partition coefficient (Wildman–Crippen LogP) is 5.55. The molecule has 3 aromatic rings. The molecule has 0 aromatic heterocycles.